The molecule has 4 nitrogen and oxygen atoms in total. The molecule has 2 bridgehead atoms. The van der Waals surface area contributed by atoms with E-state index in [-0.39, 0.29) is 11.9 Å². The molecule has 3 unspecified atom stereocenters. The topological polar surface area (TPSA) is 54.0 Å². The van der Waals surface area contributed by atoms with Gasteiger partial charge in [0.2, 0.25) is 0 Å². The van der Waals surface area contributed by atoms with Gasteiger partial charge in [-0.15, -0.1) is 0 Å². The molecule has 1 saturated carbocycles. The number of pyridine rings is 1. The highest BCUT2D eigenvalue weighted by molar-refractivity contribution is 6.31. The Morgan fingerprint density at radius 2 is 2.19 bits per heavy atom. The first-order valence-electron chi connectivity index (χ1n) is 7.28. The zero-order chi connectivity index (χ0) is 14.4. The molecule has 2 N–H and O–H groups in total. The van der Waals surface area contributed by atoms with Crippen molar-refractivity contribution in [2.45, 2.75) is 24.9 Å². The molecule has 1 aliphatic carbocycles. The van der Waals surface area contributed by atoms with Crippen LogP contribution in [0.25, 0.3) is 10.8 Å². The van der Waals surface area contributed by atoms with Crippen molar-refractivity contribution in [3.63, 3.8) is 0 Å². The second-order valence-electron chi connectivity index (χ2n) is 5.98. The highest BCUT2D eigenvalue weighted by atomic mass is 35.5. The molecule has 1 amide bonds. The second kappa shape index (κ2) is 4.97. The number of nitrogens with one attached hydrogen (secondary N) is 2. The van der Waals surface area contributed by atoms with Crippen LogP contribution in [0.5, 0.6) is 0 Å². The van der Waals surface area contributed by atoms with Crippen LogP contribution in [0.2, 0.25) is 5.02 Å². The van der Waals surface area contributed by atoms with Crippen molar-refractivity contribution in [1.82, 2.24) is 15.6 Å². The van der Waals surface area contributed by atoms with Crippen LogP contribution in [0.3, 0.4) is 0 Å². The van der Waals surface area contributed by atoms with E-state index in [4.69, 9.17) is 11.6 Å². The van der Waals surface area contributed by atoms with Gasteiger partial charge in [0.15, 0.2) is 0 Å². The van der Waals surface area contributed by atoms with Gasteiger partial charge in [-0.25, -0.2) is 0 Å². The number of hydrogen-bond acceptors (Lipinski definition) is 3. The number of benzene rings is 1. The lowest BCUT2D eigenvalue weighted by Crippen LogP contribution is -2.44. The van der Waals surface area contributed by atoms with E-state index in [1.807, 2.05) is 24.3 Å². The lowest BCUT2D eigenvalue weighted by molar-refractivity contribution is 0.0920. The van der Waals surface area contributed by atoms with E-state index in [2.05, 4.69) is 15.6 Å². The highest BCUT2D eigenvalue weighted by Crippen LogP contribution is 2.31. The first-order valence-corrected chi connectivity index (χ1v) is 7.66. The van der Waals surface area contributed by atoms with Crippen molar-refractivity contribution in [2.75, 3.05) is 6.54 Å². The number of amides is 1. The molecule has 4 rings (SSSR count). The van der Waals surface area contributed by atoms with E-state index < -0.39 is 0 Å². The molecular weight excluding hydrogens is 286 g/mol. The number of aromatic nitrogens is 1. The van der Waals surface area contributed by atoms with Crippen molar-refractivity contribution in [3.8, 4) is 0 Å². The third kappa shape index (κ3) is 2.39. The number of rotatable bonds is 2. The van der Waals surface area contributed by atoms with E-state index in [9.17, 15) is 4.79 Å². The molecule has 2 heterocycles. The number of halogens is 1. The minimum absolute atomic E-state index is 0.0885. The Kier molecular flexibility index (Phi) is 3.08. The highest BCUT2D eigenvalue weighted by Gasteiger charge is 2.40. The number of hydrogen-bond donors (Lipinski definition) is 2. The van der Waals surface area contributed by atoms with Crippen LogP contribution < -0.4 is 10.6 Å². The quantitative estimate of drug-likeness (QED) is 0.895. The third-order valence-electron chi connectivity index (χ3n) is 4.60. The van der Waals surface area contributed by atoms with Gasteiger partial charge in [0.1, 0.15) is 5.69 Å². The zero-order valence-corrected chi connectivity index (χ0v) is 12.2. The van der Waals surface area contributed by atoms with Crippen LogP contribution in [-0.2, 0) is 0 Å². The maximum absolute atomic E-state index is 12.4. The first kappa shape index (κ1) is 13.0. The number of carbonyl (C=O) groups excluding carboxylic acids is 1. The van der Waals surface area contributed by atoms with Crippen molar-refractivity contribution in [1.29, 1.82) is 0 Å². The van der Waals surface area contributed by atoms with Gasteiger partial charge in [-0.3, -0.25) is 9.78 Å². The van der Waals surface area contributed by atoms with E-state index in [1.165, 1.54) is 6.42 Å². The number of nitrogens with zero attached hydrogens (tertiary/aromatic N) is 1. The summed E-state index contributed by atoms with van der Waals surface area (Å²) in [5.41, 5.74) is 0.459. The van der Waals surface area contributed by atoms with Gasteiger partial charge in [-0.1, -0.05) is 17.7 Å². The number of piperidine rings is 1. The minimum atomic E-state index is -0.0885. The molecule has 2 aliphatic rings. The third-order valence-corrected chi connectivity index (χ3v) is 4.83. The molecule has 1 saturated heterocycles. The normalized spacial score (nSPS) is 27.2. The Morgan fingerprint density at radius 3 is 2.95 bits per heavy atom. The molecule has 108 valence electrons. The van der Waals surface area contributed by atoms with Gasteiger partial charge >= 0.3 is 0 Å². The predicted molar refractivity (Wildman–Crippen MR) is 82.5 cm³/mol. The largest absolute Gasteiger partial charge is 0.348 e. The summed E-state index contributed by atoms with van der Waals surface area (Å²) in [4.78, 5) is 16.6. The van der Waals surface area contributed by atoms with Crippen molar-refractivity contribution in [3.05, 3.63) is 41.2 Å². The summed E-state index contributed by atoms with van der Waals surface area (Å²) in [6.45, 7) is 1.01. The Balaban J connectivity index is 1.56. The van der Waals surface area contributed by atoms with Gasteiger partial charge in [0.25, 0.3) is 5.91 Å². The second-order valence-corrected chi connectivity index (χ2v) is 6.41. The van der Waals surface area contributed by atoms with Crippen LogP contribution in [0, 0.1) is 5.92 Å². The van der Waals surface area contributed by atoms with Crippen LogP contribution in [0.15, 0.2) is 30.5 Å². The molecule has 1 aliphatic heterocycles. The van der Waals surface area contributed by atoms with Gasteiger partial charge in [0, 0.05) is 35.2 Å². The summed E-state index contributed by atoms with van der Waals surface area (Å²) < 4.78 is 0. The summed E-state index contributed by atoms with van der Waals surface area (Å²) in [6.07, 6.45) is 3.92. The van der Waals surface area contributed by atoms with Crippen LogP contribution >= 0.6 is 11.6 Å². The van der Waals surface area contributed by atoms with Gasteiger partial charge in [-0.2, -0.15) is 0 Å². The summed E-state index contributed by atoms with van der Waals surface area (Å²) in [7, 11) is 0. The Hall–Kier alpha value is -1.65. The predicted octanol–water partition coefficient (Wildman–Crippen LogP) is 2.37. The smallest absolute Gasteiger partial charge is 0.270 e. The molecule has 5 heteroatoms. The Labute approximate surface area is 127 Å². The Morgan fingerprint density at radius 1 is 1.29 bits per heavy atom. The average molecular weight is 302 g/mol. The molecule has 3 atom stereocenters. The maximum Gasteiger partial charge on any atom is 0.270 e. The van der Waals surface area contributed by atoms with Crippen molar-refractivity contribution in [2.24, 2.45) is 5.92 Å². The molecule has 2 fully saturated rings. The van der Waals surface area contributed by atoms with E-state index in [0.29, 0.717) is 22.7 Å². The lowest BCUT2D eigenvalue weighted by atomic mass is 10.0. The van der Waals surface area contributed by atoms with E-state index >= 15 is 0 Å². The Bertz CT molecular complexity index is 718. The van der Waals surface area contributed by atoms with Gasteiger partial charge in [0.05, 0.1) is 0 Å². The molecule has 2 aromatic rings. The summed E-state index contributed by atoms with van der Waals surface area (Å²) >= 11 is 6.00. The monoisotopic (exact) mass is 301 g/mol. The molecule has 1 aromatic heterocycles. The first-order chi connectivity index (χ1) is 10.2. The van der Waals surface area contributed by atoms with Crippen molar-refractivity contribution < 1.29 is 4.79 Å². The molecule has 0 spiro atoms. The van der Waals surface area contributed by atoms with Crippen molar-refractivity contribution >= 4 is 28.3 Å². The molecule has 21 heavy (non-hydrogen) atoms. The lowest BCUT2D eigenvalue weighted by Gasteiger charge is -2.23. The fourth-order valence-corrected chi connectivity index (χ4v) is 3.67. The standard InChI is InChI=1S/C16H16ClN3O/c17-12-2-1-9-7-19-15(5-10(9)3-12)16(21)20-14-6-13-4-11(14)8-18-13/h1-3,5,7,11,13-14,18H,4,6,8H2,(H,20,21). The van der Waals surface area contributed by atoms with Gasteiger partial charge in [-0.05, 0) is 42.3 Å². The van der Waals surface area contributed by atoms with E-state index in [1.54, 1.807) is 6.20 Å². The van der Waals surface area contributed by atoms with Gasteiger partial charge < -0.3 is 10.6 Å². The SMILES string of the molecule is O=C(NC1CC2CC1CN2)c1cc2cc(Cl)ccc2cn1. The number of carbonyl (C=O) groups is 1. The fourth-order valence-electron chi connectivity index (χ4n) is 3.49. The average Bonchev–Trinajstić information content (AvgIpc) is 3.09. The minimum Gasteiger partial charge on any atom is -0.348 e. The van der Waals surface area contributed by atoms with Crippen LogP contribution in [-0.4, -0.2) is 29.5 Å². The van der Waals surface area contributed by atoms with E-state index in [0.717, 1.165) is 23.7 Å². The summed E-state index contributed by atoms with van der Waals surface area (Å²) in [6, 6.07) is 8.25. The molecular formula is C16H16ClN3O. The maximum atomic E-state index is 12.4. The van der Waals surface area contributed by atoms with Crippen LogP contribution in [0.1, 0.15) is 23.3 Å². The molecule has 0 radical (unpaired) electrons. The molecule has 1 aromatic carbocycles. The zero-order valence-electron chi connectivity index (χ0n) is 11.5. The fraction of sp³-hybridized carbons (Fsp3) is 0.375. The summed E-state index contributed by atoms with van der Waals surface area (Å²) in [5.74, 6) is 0.475. The summed E-state index contributed by atoms with van der Waals surface area (Å²) in [5, 5.41) is 9.17. The van der Waals surface area contributed by atoms with Crippen LogP contribution in [0.4, 0.5) is 0 Å². The number of fused-ring (bicyclic) bond motifs is 3.